The summed E-state index contributed by atoms with van der Waals surface area (Å²) in [5.41, 5.74) is 15.3. The molecule has 1 aliphatic carbocycles. The summed E-state index contributed by atoms with van der Waals surface area (Å²) >= 11 is 0. The van der Waals surface area contributed by atoms with Crippen LogP contribution in [0.2, 0.25) is 0 Å². The Balaban J connectivity index is 1.13. The lowest BCUT2D eigenvalue weighted by molar-refractivity contribution is 0.768. The Labute approximate surface area is 339 Å². The van der Waals surface area contributed by atoms with Crippen LogP contribution in [0.5, 0.6) is 0 Å². The normalized spacial score (nSPS) is 12.6. The third kappa shape index (κ3) is 5.39. The molecule has 0 aromatic heterocycles. The lowest BCUT2D eigenvalue weighted by Gasteiger charge is -2.35. The average Bonchev–Trinajstić information content (AvgIpc) is 3.60. The summed E-state index contributed by atoms with van der Waals surface area (Å²) in [5, 5.41) is 4.99. The maximum Gasteiger partial charge on any atom is 0.0714 e. The fraction of sp³-hybridized carbons (Fsp3) is 0.0175. The molecule has 0 spiro atoms. The highest BCUT2D eigenvalue weighted by atomic mass is 15.1. The lowest BCUT2D eigenvalue weighted by Crippen LogP contribution is -2.28. The van der Waals surface area contributed by atoms with Gasteiger partial charge in [-0.3, -0.25) is 0 Å². The number of nitrogens with zero attached hydrogens (tertiary/aromatic N) is 1. The summed E-state index contributed by atoms with van der Waals surface area (Å²) in [6.45, 7) is 0. The van der Waals surface area contributed by atoms with Crippen LogP contribution in [0.25, 0.3) is 54.9 Å². The van der Waals surface area contributed by atoms with E-state index in [0.29, 0.717) is 0 Å². The quantitative estimate of drug-likeness (QED) is 0.147. The van der Waals surface area contributed by atoms with Crippen molar-refractivity contribution in [3.63, 3.8) is 0 Å². The van der Waals surface area contributed by atoms with Crippen molar-refractivity contribution in [3.8, 4) is 33.4 Å². The van der Waals surface area contributed by atoms with Gasteiger partial charge in [0.15, 0.2) is 0 Å². The molecule has 1 aliphatic rings. The first-order valence-electron chi connectivity index (χ1n) is 20.1. The lowest BCUT2D eigenvalue weighted by atomic mass is 9.67. The van der Waals surface area contributed by atoms with E-state index in [1.807, 2.05) is 0 Å². The Morgan fingerprint density at radius 3 is 1.47 bits per heavy atom. The highest BCUT2D eigenvalue weighted by Crippen LogP contribution is 2.57. The van der Waals surface area contributed by atoms with Crippen molar-refractivity contribution in [2.75, 3.05) is 4.90 Å². The molecule has 0 heterocycles. The molecule has 272 valence electrons. The Hall–Kier alpha value is -7.48. The topological polar surface area (TPSA) is 3.24 Å². The minimum atomic E-state index is -0.497. The van der Waals surface area contributed by atoms with E-state index in [1.54, 1.807) is 0 Å². The van der Waals surface area contributed by atoms with E-state index in [9.17, 15) is 0 Å². The first-order chi connectivity index (χ1) is 28.8. The van der Waals surface area contributed by atoms with Gasteiger partial charge in [0.05, 0.1) is 5.41 Å². The second-order valence-electron chi connectivity index (χ2n) is 15.2. The first kappa shape index (κ1) is 33.8. The molecule has 0 radical (unpaired) electrons. The molecule has 0 aliphatic heterocycles. The van der Waals surface area contributed by atoms with E-state index in [4.69, 9.17) is 0 Å². The van der Waals surface area contributed by atoms with Crippen molar-refractivity contribution in [2.45, 2.75) is 5.41 Å². The number of hydrogen-bond acceptors (Lipinski definition) is 1. The Morgan fingerprint density at radius 2 is 0.759 bits per heavy atom. The summed E-state index contributed by atoms with van der Waals surface area (Å²) in [5.74, 6) is 0. The van der Waals surface area contributed by atoms with E-state index >= 15 is 0 Å². The van der Waals surface area contributed by atoms with Crippen LogP contribution in [0.3, 0.4) is 0 Å². The van der Waals surface area contributed by atoms with Crippen LogP contribution in [0.4, 0.5) is 17.1 Å². The number of benzene rings is 10. The van der Waals surface area contributed by atoms with Gasteiger partial charge in [-0.1, -0.05) is 200 Å². The number of hydrogen-bond donors (Lipinski definition) is 0. The molecule has 0 N–H and O–H groups in total. The van der Waals surface area contributed by atoms with Crippen LogP contribution in [0.1, 0.15) is 22.3 Å². The van der Waals surface area contributed by atoms with Crippen LogP contribution in [-0.2, 0) is 5.41 Å². The van der Waals surface area contributed by atoms with Crippen molar-refractivity contribution < 1.29 is 0 Å². The summed E-state index contributed by atoms with van der Waals surface area (Å²) in [6, 6.07) is 86.8. The maximum atomic E-state index is 2.46. The number of rotatable bonds is 7. The molecule has 0 atom stereocenters. The predicted octanol–water partition coefficient (Wildman–Crippen LogP) is 15.2. The van der Waals surface area contributed by atoms with E-state index in [-0.39, 0.29) is 0 Å². The molecule has 10 aromatic carbocycles. The smallest absolute Gasteiger partial charge is 0.0714 e. The molecule has 0 fully saturated rings. The molecule has 11 rings (SSSR count). The summed E-state index contributed by atoms with van der Waals surface area (Å²) in [6.07, 6.45) is 0. The van der Waals surface area contributed by atoms with Gasteiger partial charge in [-0.25, -0.2) is 0 Å². The first-order valence-corrected chi connectivity index (χ1v) is 20.1. The van der Waals surface area contributed by atoms with Gasteiger partial charge in [-0.2, -0.15) is 0 Å². The SMILES string of the molecule is c1ccc(-c2ccccc2-c2ccc(N(c3ccc4c(c3)C(c3ccccc3)(c3ccccc3)c3ccccc3-4)c3ccc4c(ccc5ccccc54)c3)cc2)cc1. The second-order valence-corrected chi connectivity index (χ2v) is 15.2. The monoisotopic (exact) mass is 737 g/mol. The summed E-state index contributed by atoms with van der Waals surface area (Å²) in [7, 11) is 0. The van der Waals surface area contributed by atoms with Crippen LogP contribution in [0, 0.1) is 0 Å². The highest BCUT2D eigenvalue weighted by Gasteiger charge is 2.46. The third-order valence-corrected chi connectivity index (χ3v) is 12.1. The predicted molar refractivity (Wildman–Crippen MR) is 244 cm³/mol. The second kappa shape index (κ2) is 13.9. The Morgan fingerprint density at radius 1 is 0.276 bits per heavy atom. The van der Waals surface area contributed by atoms with Gasteiger partial charge in [0.25, 0.3) is 0 Å². The van der Waals surface area contributed by atoms with Gasteiger partial charge in [-0.15, -0.1) is 0 Å². The van der Waals surface area contributed by atoms with Gasteiger partial charge in [0.2, 0.25) is 0 Å². The standard InChI is InChI=1S/C57H39N/c1-4-16-40(17-5-1)49-24-12-13-25-51(49)42-30-32-46(33-31-42)58(47-34-36-52-43(38-47)29-28-41-18-10-11-23-50(41)52)48-35-37-54-53-26-14-15-27-55(53)57(56(54)39-48,44-19-6-2-7-20-44)45-21-8-3-9-22-45/h1-39H. The Bertz CT molecular complexity index is 3050. The van der Waals surface area contributed by atoms with Crippen molar-refractivity contribution in [1.29, 1.82) is 0 Å². The molecule has 0 saturated heterocycles. The molecule has 0 saturated carbocycles. The summed E-state index contributed by atoms with van der Waals surface area (Å²) in [4.78, 5) is 2.44. The molecular weight excluding hydrogens is 699 g/mol. The molecular formula is C57H39N. The average molecular weight is 738 g/mol. The molecule has 1 heteroatoms. The van der Waals surface area contributed by atoms with Crippen LogP contribution in [-0.4, -0.2) is 0 Å². The van der Waals surface area contributed by atoms with Crippen LogP contribution >= 0.6 is 0 Å². The van der Waals surface area contributed by atoms with Crippen molar-refractivity contribution in [2.24, 2.45) is 0 Å². The summed E-state index contributed by atoms with van der Waals surface area (Å²) < 4.78 is 0. The maximum absolute atomic E-state index is 2.46. The van der Waals surface area contributed by atoms with Gasteiger partial charge >= 0.3 is 0 Å². The minimum absolute atomic E-state index is 0.497. The zero-order valence-corrected chi connectivity index (χ0v) is 32.0. The van der Waals surface area contributed by atoms with Crippen molar-refractivity contribution in [3.05, 3.63) is 259 Å². The van der Waals surface area contributed by atoms with Crippen molar-refractivity contribution >= 4 is 38.6 Å². The van der Waals surface area contributed by atoms with Gasteiger partial charge in [-0.05, 0) is 114 Å². The zero-order valence-electron chi connectivity index (χ0n) is 32.0. The molecule has 0 unspecified atom stereocenters. The molecule has 1 nitrogen and oxygen atoms in total. The van der Waals surface area contributed by atoms with Gasteiger partial charge in [0, 0.05) is 17.1 Å². The van der Waals surface area contributed by atoms with E-state index < -0.39 is 5.41 Å². The highest BCUT2D eigenvalue weighted by molar-refractivity contribution is 6.08. The van der Waals surface area contributed by atoms with E-state index in [1.165, 1.54) is 77.2 Å². The molecule has 0 bridgehead atoms. The molecule has 0 amide bonds. The van der Waals surface area contributed by atoms with Crippen molar-refractivity contribution in [1.82, 2.24) is 0 Å². The Kier molecular flexibility index (Phi) is 8.12. The van der Waals surface area contributed by atoms with Gasteiger partial charge in [0.1, 0.15) is 0 Å². The van der Waals surface area contributed by atoms with E-state index in [0.717, 1.165) is 17.1 Å². The number of fused-ring (bicyclic) bond motifs is 6. The molecule has 58 heavy (non-hydrogen) atoms. The van der Waals surface area contributed by atoms with Gasteiger partial charge < -0.3 is 4.90 Å². The molecule has 10 aromatic rings. The fourth-order valence-corrected chi connectivity index (χ4v) is 9.55. The minimum Gasteiger partial charge on any atom is -0.310 e. The fourth-order valence-electron chi connectivity index (χ4n) is 9.55. The largest absolute Gasteiger partial charge is 0.310 e. The third-order valence-electron chi connectivity index (χ3n) is 12.1. The number of anilines is 3. The van der Waals surface area contributed by atoms with Crippen LogP contribution < -0.4 is 4.90 Å². The van der Waals surface area contributed by atoms with E-state index in [2.05, 4.69) is 241 Å². The van der Waals surface area contributed by atoms with Crippen LogP contribution in [0.15, 0.2) is 237 Å². The zero-order chi connectivity index (χ0) is 38.5.